The number of hydrogen-bond acceptors (Lipinski definition) is 3. The Kier molecular flexibility index (Phi) is 12.0. The Hall–Kier alpha value is -0.610. The molecule has 0 heterocycles. The van der Waals surface area contributed by atoms with Crippen LogP contribution < -0.4 is 0 Å². The van der Waals surface area contributed by atoms with E-state index in [0.29, 0.717) is 6.54 Å². The standard InChI is InChI=1S/C15H31NO3/c1-3-4-5-6-7-8-9-10-11-14(17)12-16(2)13-15(18)19/h14,17H,3-13H2,1-2H3,(H,18,19). The van der Waals surface area contributed by atoms with Gasteiger partial charge in [-0.15, -0.1) is 0 Å². The fourth-order valence-electron chi connectivity index (χ4n) is 2.26. The topological polar surface area (TPSA) is 60.8 Å². The lowest BCUT2D eigenvalue weighted by atomic mass is 10.1. The van der Waals surface area contributed by atoms with Crippen molar-refractivity contribution in [3.05, 3.63) is 0 Å². The van der Waals surface area contributed by atoms with Gasteiger partial charge in [0.2, 0.25) is 0 Å². The number of likely N-dealkylation sites (N-methyl/N-ethyl adjacent to an activating group) is 1. The van der Waals surface area contributed by atoms with E-state index in [1.54, 1.807) is 11.9 Å². The molecule has 4 nitrogen and oxygen atoms in total. The Labute approximate surface area is 117 Å². The average molecular weight is 273 g/mol. The number of hydrogen-bond donors (Lipinski definition) is 2. The molecular formula is C15H31NO3. The minimum Gasteiger partial charge on any atom is -0.480 e. The van der Waals surface area contributed by atoms with Gasteiger partial charge in [0.25, 0.3) is 0 Å². The molecule has 0 aliphatic carbocycles. The third-order valence-electron chi connectivity index (χ3n) is 3.32. The van der Waals surface area contributed by atoms with E-state index >= 15 is 0 Å². The Morgan fingerprint density at radius 2 is 1.58 bits per heavy atom. The van der Waals surface area contributed by atoms with Gasteiger partial charge in [0, 0.05) is 6.54 Å². The second kappa shape index (κ2) is 12.4. The van der Waals surface area contributed by atoms with Crippen LogP contribution in [0.2, 0.25) is 0 Å². The van der Waals surface area contributed by atoms with Crippen molar-refractivity contribution in [1.29, 1.82) is 0 Å². The number of carboxylic acid groups (broad SMARTS) is 1. The quantitative estimate of drug-likeness (QED) is 0.507. The molecule has 0 aromatic rings. The third-order valence-corrected chi connectivity index (χ3v) is 3.32. The van der Waals surface area contributed by atoms with Crippen LogP contribution >= 0.6 is 0 Å². The molecule has 0 spiro atoms. The molecule has 0 amide bonds. The van der Waals surface area contributed by atoms with Crippen LogP contribution in [0.3, 0.4) is 0 Å². The monoisotopic (exact) mass is 273 g/mol. The first kappa shape index (κ1) is 18.4. The molecule has 0 saturated carbocycles. The first-order chi connectivity index (χ1) is 9.06. The van der Waals surface area contributed by atoms with Gasteiger partial charge in [-0.2, -0.15) is 0 Å². The minimum atomic E-state index is -0.846. The van der Waals surface area contributed by atoms with E-state index in [2.05, 4.69) is 6.92 Å². The van der Waals surface area contributed by atoms with Crippen LogP contribution in [0.5, 0.6) is 0 Å². The molecular weight excluding hydrogens is 242 g/mol. The lowest BCUT2D eigenvalue weighted by Gasteiger charge is -2.18. The molecule has 0 bridgehead atoms. The molecule has 0 aromatic heterocycles. The fraction of sp³-hybridized carbons (Fsp3) is 0.933. The van der Waals surface area contributed by atoms with Gasteiger partial charge >= 0.3 is 5.97 Å². The lowest BCUT2D eigenvalue weighted by Crippen LogP contribution is -2.33. The molecule has 0 fully saturated rings. The summed E-state index contributed by atoms with van der Waals surface area (Å²) in [5.74, 6) is -0.846. The summed E-state index contributed by atoms with van der Waals surface area (Å²) < 4.78 is 0. The Balaban J connectivity index is 3.33. The van der Waals surface area contributed by atoms with Gasteiger partial charge in [-0.25, -0.2) is 0 Å². The minimum absolute atomic E-state index is 0.00547. The predicted octanol–water partition coefficient (Wildman–Crippen LogP) is 2.89. The molecule has 19 heavy (non-hydrogen) atoms. The molecule has 0 saturated heterocycles. The first-order valence-corrected chi connectivity index (χ1v) is 7.64. The molecule has 1 unspecified atom stereocenters. The van der Waals surface area contributed by atoms with E-state index in [1.165, 1.54) is 44.9 Å². The zero-order valence-electron chi connectivity index (χ0n) is 12.6. The van der Waals surface area contributed by atoms with Gasteiger partial charge in [-0.3, -0.25) is 9.69 Å². The highest BCUT2D eigenvalue weighted by Gasteiger charge is 2.10. The number of carbonyl (C=O) groups is 1. The molecule has 0 radical (unpaired) electrons. The van der Waals surface area contributed by atoms with Crippen LogP contribution in [0.15, 0.2) is 0 Å². The highest BCUT2D eigenvalue weighted by atomic mass is 16.4. The molecule has 0 rings (SSSR count). The van der Waals surface area contributed by atoms with Gasteiger partial charge in [0.1, 0.15) is 0 Å². The van der Waals surface area contributed by atoms with Crippen LogP contribution in [0.25, 0.3) is 0 Å². The zero-order valence-corrected chi connectivity index (χ0v) is 12.6. The Bertz CT molecular complexity index is 221. The van der Waals surface area contributed by atoms with Gasteiger partial charge in [-0.1, -0.05) is 58.3 Å². The number of aliphatic hydroxyl groups excluding tert-OH is 1. The van der Waals surface area contributed by atoms with Crippen molar-refractivity contribution in [3.63, 3.8) is 0 Å². The van der Waals surface area contributed by atoms with Crippen molar-refractivity contribution in [2.75, 3.05) is 20.1 Å². The van der Waals surface area contributed by atoms with Gasteiger partial charge < -0.3 is 10.2 Å². The van der Waals surface area contributed by atoms with Crippen molar-refractivity contribution in [3.8, 4) is 0 Å². The van der Waals surface area contributed by atoms with E-state index < -0.39 is 12.1 Å². The molecule has 114 valence electrons. The summed E-state index contributed by atoms with van der Waals surface area (Å²) in [5, 5.41) is 18.4. The van der Waals surface area contributed by atoms with Crippen LogP contribution in [0.1, 0.15) is 64.7 Å². The predicted molar refractivity (Wildman–Crippen MR) is 78.4 cm³/mol. The molecule has 0 aliphatic heterocycles. The van der Waals surface area contributed by atoms with Crippen molar-refractivity contribution < 1.29 is 15.0 Å². The van der Waals surface area contributed by atoms with Crippen LogP contribution in [0.4, 0.5) is 0 Å². The largest absolute Gasteiger partial charge is 0.480 e. The van der Waals surface area contributed by atoms with Crippen molar-refractivity contribution in [2.24, 2.45) is 0 Å². The van der Waals surface area contributed by atoms with Gasteiger partial charge in [-0.05, 0) is 13.5 Å². The summed E-state index contributed by atoms with van der Waals surface area (Å²) in [5.41, 5.74) is 0. The normalized spacial score (nSPS) is 12.8. The number of nitrogens with zero attached hydrogens (tertiary/aromatic N) is 1. The van der Waals surface area contributed by atoms with Crippen LogP contribution in [0, 0.1) is 0 Å². The third kappa shape index (κ3) is 13.6. The highest BCUT2D eigenvalue weighted by molar-refractivity contribution is 5.68. The Morgan fingerprint density at radius 3 is 2.11 bits per heavy atom. The summed E-state index contributed by atoms with van der Waals surface area (Å²) in [4.78, 5) is 12.1. The lowest BCUT2D eigenvalue weighted by molar-refractivity contribution is -0.138. The molecule has 0 aliphatic rings. The van der Waals surface area contributed by atoms with Crippen molar-refractivity contribution in [1.82, 2.24) is 4.90 Å². The zero-order chi connectivity index (χ0) is 14.5. The first-order valence-electron chi connectivity index (χ1n) is 7.64. The van der Waals surface area contributed by atoms with E-state index in [0.717, 1.165) is 12.8 Å². The van der Waals surface area contributed by atoms with Crippen molar-refractivity contribution >= 4 is 5.97 Å². The van der Waals surface area contributed by atoms with Crippen molar-refractivity contribution in [2.45, 2.75) is 70.8 Å². The molecule has 4 heteroatoms. The van der Waals surface area contributed by atoms with Gasteiger partial charge in [0.05, 0.1) is 12.6 Å². The maximum Gasteiger partial charge on any atom is 0.317 e. The second-order valence-electron chi connectivity index (χ2n) is 5.51. The van der Waals surface area contributed by atoms with E-state index in [9.17, 15) is 9.90 Å². The number of aliphatic hydroxyl groups is 1. The maximum atomic E-state index is 10.5. The molecule has 1 atom stereocenters. The average Bonchev–Trinajstić information content (AvgIpc) is 2.31. The summed E-state index contributed by atoms with van der Waals surface area (Å²) in [7, 11) is 1.73. The smallest absolute Gasteiger partial charge is 0.317 e. The fourth-order valence-corrected chi connectivity index (χ4v) is 2.26. The second-order valence-corrected chi connectivity index (χ2v) is 5.51. The van der Waals surface area contributed by atoms with E-state index in [4.69, 9.17) is 5.11 Å². The molecule has 2 N–H and O–H groups in total. The Morgan fingerprint density at radius 1 is 1.05 bits per heavy atom. The summed E-state index contributed by atoms with van der Waals surface area (Å²) in [6.45, 7) is 2.67. The number of unbranched alkanes of at least 4 members (excludes halogenated alkanes) is 7. The summed E-state index contributed by atoms with van der Waals surface area (Å²) >= 11 is 0. The van der Waals surface area contributed by atoms with Crippen LogP contribution in [-0.4, -0.2) is 47.3 Å². The van der Waals surface area contributed by atoms with Crippen LogP contribution in [-0.2, 0) is 4.79 Å². The highest BCUT2D eigenvalue weighted by Crippen LogP contribution is 2.10. The summed E-state index contributed by atoms with van der Waals surface area (Å²) in [6.07, 6.45) is 10.4. The SMILES string of the molecule is CCCCCCCCCCC(O)CN(C)CC(=O)O. The number of rotatable bonds is 13. The van der Waals surface area contributed by atoms with E-state index in [-0.39, 0.29) is 6.54 Å². The van der Waals surface area contributed by atoms with E-state index in [1.807, 2.05) is 0 Å². The number of aliphatic carboxylic acids is 1. The molecule has 0 aromatic carbocycles. The van der Waals surface area contributed by atoms with Gasteiger partial charge in [0.15, 0.2) is 0 Å². The maximum absolute atomic E-state index is 10.5. The number of carboxylic acids is 1. The summed E-state index contributed by atoms with van der Waals surface area (Å²) in [6, 6.07) is 0.